The Morgan fingerprint density at radius 3 is 2.67 bits per heavy atom. The van der Waals surface area contributed by atoms with Crippen LogP contribution in [0.25, 0.3) is 0 Å². The minimum Gasteiger partial charge on any atom is -0.477 e. The number of thiophene rings is 1. The van der Waals surface area contributed by atoms with Crippen LogP contribution in [-0.4, -0.2) is 36.9 Å². The van der Waals surface area contributed by atoms with Crippen LogP contribution in [0.2, 0.25) is 0 Å². The molecule has 118 valence electrons. The summed E-state index contributed by atoms with van der Waals surface area (Å²) in [5.74, 6) is -0.599. The maximum absolute atomic E-state index is 12.7. The van der Waals surface area contributed by atoms with E-state index in [1.54, 1.807) is 7.05 Å². The summed E-state index contributed by atoms with van der Waals surface area (Å²) in [6.45, 7) is 2.13. The van der Waals surface area contributed by atoms with Crippen molar-refractivity contribution >= 4 is 43.3 Å². The zero-order chi connectivity index (χ0) is 15.8. The Morgan fingerprint density at radius 1 is 1.48 bits per heavy atom. The summed E-state index contributed by atoms with van der Waals surface area (Å²) in [7, 11) is -2.09. The number of carbonyl (C=O) groups is 1. The molecule has 2 unspecified atom stereocenters. The predicted octanol–water partition coefficient (Wildman–Crippen LogP) is 3.41. The molecular formula is C13H18BrNO4S2. The maximum atomic E-state index is 12.7. The second kappa shape index (κ2) is 6.36. The van der Waals surface area contributed by atoms with Gasteiger partial charge in [-0.1, -0.05) is 19.8 Å². The number of sulfonamides is 1. The third kappa shape index (κ3) is 3.49. The summed E-state index contributed by atoms with van der Waals surface area (Å²) in [4.78, 5) is 11.1. The Morgan fingerprint density at radius 2 is 2.14 bits per heavy atom. The van der Waals surface area contributed by atoms with Crippen LogP contribution in [0.1, 0.15) is 42.3 Å². The second-order valence-corrected chi connectivity index (χ2v) is 9.84. The molecule has 1 fully saturated rings. The number of halogens is 1. The Hall–Kier alpha value is -0.440. The topological polar surface area (TPSA) is 74.7 Å². The van der Waals surface area contributed by atoms with Gasteiger partial charge in [0.25, 0.3) is 0 Å². The average Bonchev–Trinajstić information content (AvgIpc) is 2.81. The van der Waals surface area contributed by atoms with Gasteiger partial charge in [0.2, 0.25) is 10.0 Å². The lowest BCUT2D eigenvalue weighted by atomic mass is 9.87. The molecule has 1 N–H and O–H groups in total. The molecule has 1 aromatic heterocycles. The highest BCUT2D eigenvalue weighted by Gasteiger charge is 2.33. The van der Waals surface area contributed by atoms with Gasteiger partial charge in [0.05, 0.1) is 3.79 Å². The van der Waals surface area contributed by atoms with Gasteiger partial charge in [-0.25, -0.2) is 13.2 Å². The van der Waals surface area contributed by atoms with Gasteiger partial charge in [0, 0.05) is 13.1 Å². The van der Waals surface area contributed by atoms with E-state index in [2.05, 4.69) is 22.9 Å². The summed E-state index contributed by atoms with van der Waals surface area (Å²) in [5, 5.41) is 8.99. The molecule has 21 heavy (non-hydrogen) atoms. The zero-order valence-corrected chi connectivity index (χ0v) is 15.1. The molecule has 0 spiro atoms. The Balaban J connectivity index is 2.30. The highest BCUT2D eigenvalue weighted by atomic mass is 79.9. The smallest absolute Gasteiger partial charge is 0.345 e. The number of aromatic carboxylic acids is 1. The summed E-state index contributed by atoms with van der Waals surface area (Å²) in [5.41, 5.74) is 0. The lowest BCUT2D eigenvalue weighted by Gasteiger charge is -2.33. The van der Waals surface area contributed by atoms with Crippen LogP contribution >= 0.6 is 27.3 Å². The number of carboxylic acids is 1. The van der Waals surface area contributed by atoms with Crippen molar-refractivity contribution in [3.05, 3.63) is 14.7 Å². The largest absolute Gasteiger partial charge is 0.477 e. The third-order valence-electron chi connectivity index (χ3n) is 3.95. The van der Waals surface area contributed by atoms with Crippen molar-refractivity contribution in [1.29, 1.82) is 0 Å². The monoisotopic (exact) mass is 395 g/mol. The van der Waals surface area contributed by atoms with Crippen LogP contribution in [0.3, 0.4) is 0 Å². The van der Waals surface area contributed by atoms with E-state index in [1.165, 1.54) is 10.4 Å². The van der Waals surface area contributed by atoms with E-state index in [9.17, 15) is 13.2 Å². The molecule has 0 radical (unpaired) electrons. The third-order valence-corrected chi connectivity index (χ3v) is 8.10. The van der Waals surface area contributed by atoms with Gasteiger partial charge < -0.3 is 5.11 Å². The fourth-order valence-corrected chi connectivity index (χ4v) is 6.46. The molecule has 0 aliphatic heterocycles. The molecule has 0 bridgehead atoms. The summed E-state index contributed by atoms with van der Waals surface area (Å²) < 4.78 is 27.2. The van der Waals surface area contributed by atoms with E-state index in [4.69, 9.17) is 5.11 Å². The van der Waals surface area contributed by atoms with Crippen molar-refractivity contribution in [3.63, 3.8) is 0 Å². The maximum Gasteiger partial charge on any atom is 0.345 e. The first kappa shape index (κ1) is 16.9. The molecule has 1 aliphatic rings. The highest BCUT2D eigenvalue weighted by molar-refractivity contribution is 9.11. The summed E-state index contributed by atoms with van der Waals surface area (Å²) >= 11 is 4.10. The minimum absolute atomic E-state index is 0.0150. The Bertz CT molecular complexity index is 641. The Kier molecular flexibility index (Phi) is 5.12. The van der Waals surface area contributed by atoms with Crippen molar-refractivity contribution in [2.45, 2.75) is 43.5 Å². The lowest BCUT2D eigenvalue weighted by Crippen LogP contribution is -2.39. The SMILES string of the molecule is CC1CCCC(N(C)S(=O)(=O)c2cc(C(=O)O)sc2Br)C1. The molecular weight excluding hydrogens is 378 g/mol. The number of hydrogen-bond acceptors (Lipinski definition) is 4. The van der Waals surface area contributed by atoms with Gasteiger partial charge in [-0.15, -0.1) is 11.3 Å². The molecule has 8 heteroatoms. The Labute approximate surface area is 137 Å². The van der Waals surface area contributed by atoms with Gasteiger partial charge in [0.15, 0.2) is 0 Å². The molecule has 0 saturated heterocycles. The molecule has 1 heterocycles. The standard InChI is InChI=1S/C13H18BrNO4S2/c1-8-4-3-5-9(6-8)15(2)21(18,19)11-7-10(13(16)17)20-12(11)14/h7-9H,3-6H2,1-2H3,(H,16,17). The fourth-order valence-electron chi connectivity index (χ4n) is 2.72. The van der Waals surface area contributed by atoms with Crippen LogP contribution in [0.5, 0.6) is 0 Å². The number of rotatable bonds is 4. The molecule has 1 aromatic rings. The average molecular weight is 396 g/mol. The first-order valence-electron chi connectivity index (χ1n) is 6.74. The van der Waals surface area contributed by atoms with Crippen molar-refractivity contribution in [1.82, 2.24) is 4.31 Å². The van der Waals surface area contributed by atoms with Crippen molar-refractivity contribution in [3.8, 4) is 0 Å². The number of nitrogens with zero attached hydrogens (tertiary/aromatic N) is 1. The van der Waals surface area contributed by atoms with E-state index in [0.29, 0.717) is 9.70 Å². The van der Waals surface area contributed by atoms with Crippen molar-refractivity contribution < 1.29 is 18.3 Å². The van der Waals surface area contributed by atoms with E-state index >= 15 is 0 Å². The molecule has 0 aromatic carbocycles. The first-order valence-corrected chi connectivity index (χ1v) is 9.79. The van der Waals surface area contributed by atoms with Crippen LogP contribution in [-0.2, 0) is 10.0 Å². The molecule has 2 rings (SSSR count). The van der Waals surface area contributed by atoms with Crippen molar-refractivity contribution in [2.75, 3.05) is 7.05 Å². The van der Waals surface area contributed by atoms with Crippen LogP contribution in [0.15, 0.2) is 14.7 Å². The summed E-state index contributed by atoms with van der Waals surface area (Å²) in [6.07, 6.45) is 3.86. The van der Waals surface area contributed by atoms with Gasteiger partial charge in [-0.2, -0.15) is 4.31 Å². The van der Waals surface area contributed by atoms with E-state index in [1.807, 2.05) is 0 Å². The minimum atomic E-state index is -3.67. The zero-order valence-electron chi connectivity index (χ0n) is 11.9. The van der Waals surface area contributed by atoms with Gasteiger partial charge in [-0.05, 0) is 40.8 Å². The van der Waals surface area contributed by atoms with Crippen molar-refractivity contribution in [2.24, 2.45) is 5.92 Å². The van der Waals surface area contributed by atoms with Gasteiger partial charge in [-0.3, -0.25) is 0 Å². The molecule has 1 aliphatic carbocycles. The van der Waals surface area contributed by atoms with E-state index < -0.39 is 16.0 Å². The molecule has 5 nitrogen and oxygen atoms in total. The number of hydrogen-bond donors (Lipinski definition) is 1. The molecule has 2 atom stereocenters. The molecule has 1 saturated carbocycles. The summed E-state index contributed by atoms with van der Waals surface area (Å²) in [6, 6.07) is 1.22. The lowest BCUT2D eigenvalue weighted by molar-refractivity contribution is 0.0702. The van der Waals surface area contributed by atoms with Crippen LogP contribution in [0, 0.1) is 5.92 Å². The van der Waals surface area contributed by atoms with Crippen LogP contribution < -0.4 is 0 Å². The predicted molar refractivity (Wildman–Crippen MR) is 85.3 cm³/mol. The van der Waals surface area contributed by atoms with E-state index in [-0.39, 0.29) is 15.8 Å². The van der Waals surface area contributed by atoms with Crippen LogP contribution in [0.4, 0.5) is 0 Å². The fraction of sp³-hybridized carbons (Fsp3) is 0.615. The number of carboxylic acid groups (broad SMARTS) is 1. The van der Waals surface area contributed by atoms with Gasteiger partial charge in [0.1, 0.15) is 9.77 Å². The van der Waals surface area contributed by atoms with E-state index in [0.717, 1.165) is 37.0 Å². The second-order valence-electron chi connectivity index (χ2n) is 5.50. The highest BCUT2D eigenvalue weighted by Crippen LogP contribution is 2.36. The molecule has 0 amide bonds. The first-order chi connectivity index (χ1) is 9.73. The quantitative estimate of drug-likeness (QED) is 0.847. The normalized spacial score (nSPS) is 23.4. The van der Waals surface area contributed by atoms with Gasteiger partial charge >= 0.3 is 5.97 Å².